The minimum Gasteiger partial charge on any atom is -0.494 e. The Hall–Kier alpha value is -1.91. The van der Waals surface area contributed by atoms with Crippen LogP contribution in [0.2, 0.25) is 0 Å². The number of alkyl halides is 3. The Labute approximate surface area is 134 Å². The zero-order valence-corrected chi connectivity index (χ0v) is 13.3. The number of halogens is 3. The normalized spacial score (nSPS) is 22.0. The molecule has 0 aliphatic heterocycles. The summed E-state index contributed by atoms with van der Waals surface area (Å²) in [5.74, 6) is 1.05. The van der Waals surface area contributed by atoms with Gasteiger partial charge in [-0.15, -0.1) is 0 Å². The van der Waals surface area contributed by atoms with Crippen molar-refractivity contribution in [2.75, 3.05) is 6.61 Å². The first kappa shape index (κ1) is 17.4. The smallest absolute Gasteiger partial charge is 0.416 e. The summed E-state index contributed by atoms with van der Waals surface area (Å²) in [6.45, 7) is 4.24. The van der Waals surface area contributed by atoms with Gasteiger partial charge >= 0.3 is 6.18 Å². The fourth-order valence-corrected chi connectivity index (χ4v) is 2.49. The number of hydrogen-bond acceptors (Lipinski definition) is 2. The number of rotatable bonds is 4. The minimum atomic E-state index is -4.33. The Balaban J connectivity index is 2.10. The van der Waals surface area contributed by atoms with Crippen LogP contribution in [0.1, 0.15) is 26.7 Å². The molecule has 0 N–H and O–H groups in total. The quantitative estimate of drug-likeness (QED) is 0.747. The molecule has 0 fully saturated rings. The van der Waals surface area contributed by atoms with Crippen LogP contribution in [0.4, 0.5) is 13.2 Å². The molecule has 5 heteroatoms. The monoisotopic (exact) mass is 326 g/mol. The van der Waals surface area contributed by atoms with E-state index < -0.39 is 11.7 Å². The van der Waals surface area contributed by atoms with E-state index in [2.05, 4.69) is 0 Å². The highest BCUT2D eigenvalue weighted by Crippen LogP contribution is 2.31. The Morgan fingerprint density at radius 3 is 2.39 bits per heavy atom. The van der Waals surface area contributed by atoms with Crippen molar-refractivity contribution in [2.24, 2.45) is 5.92 Å². The van der Waals surface area contributed by atoms with Crippen molar-refractivity contribution in [1.29, 1.82) is 0 Å². The second kappa shape index (κ2) is 7.57. The molecule has 2 unspecified atom stereocenters. The summed E-state index contributed by atoms with van der Waals surface area (Å²) >= 11 is 0. The van der Waals surface area contributed by atoms with Crippen molar-refractivity contribution in [3.63, 3.8) is 0 Å². The number of ether oxygens (including phenoxy) is 2. The molecule has 2 nitrogen and oxygen atoms in total. The van der Waals surface area contributed by atoms with Gasteiger partial charge in [-0.3, -0.25) is 0 Å². The molecule has 126 valence electrons. The third kappa shape index (κ3) is 5.05. The molecule has 1 aromatic rings. The Kier molecular flexibility index (Phi) is 5.74. The van der Waals surface area contributed by atoms with Crippen molar-refractivity contribution < 1.29 is 22.6 Å². The lowest BCUT2D eigenvalue weighted by Gasteiger charge is -2.25. The maximum absolute atomic E-state index is 12.9. The maximum atomic E-state index is 12.9. The summed E-state index contributed by atoms with van der Waals surface area (Å²) in [5.41, 5.74) is -0.606. The van der Waals surface area contributed by atoms with E-state index in [9.17, 15) is 13.2 Å². The highest BCUT2D eigenvalue weighted by atomic mass is 19.4. The minimum absolute atomic E-state index is 0.296. The van der Waals surface area contributed by atoms with E-state index in [4.69, 9.17) is 9.47 Å². The van der Waals surface area contributed by atoms with E-state index in [1.807, 2.05) is 6.92 Å². The molecular weight excluding hydrogens is 305 g/mol. The first-order valence-corrected chi connectivity index (χ1v) is 7.75. The van der Waals surface area contributed by atoms with Gasteiger partial charge in [0.05, 0.1) is 12.2 Å². The van der Waals surface area contributed by atoms with Gasteiger partial charge in [0.2, 0.25) is 0 Å². The summed E-state index contributed by atoms with van der Waals surface area (Å²) in [7, 11) is 0. The van der Waals surface area contributed by atoms with Crippen molar-refractivity contribution in [3.8, 4) is 11.5 Å². The lowest BCUT2D eigenvalue weighted by atomic mass is 9.94. The average Bonchev–Trinajstić information content (AvgIpc) is 2.47. The zero-order chi connectivity index (χ0) is 16.9. The molecule has 0 aromatic heterocycles. The largest absolute Gasteiger partial charge is 0.494 e. The lowest BCUT2D eigenvalue weighted by molar-refractivity contribution is -0.0889. The topological polar surface area (TPSA) is 18.5 Å². The van der Waals surface area contributed by atoms with Gasteiger partial charge in [0.25, 0.3) is 0 Å². The van der Waals surface area contributed by atoms with Crippen molar-refractivity contribution >= 4 is 0 Å². The molecule has 2 rings (SSSR count). The Morgan fingerprint density at radius 2 is 1.78 bits per heavy atom. The van der Waals surface area contributed by atoms with E-state index in [1.165, 1.54) is 6.08 Å². The highest BCUT2D eigenvalue weighted by Gasteiger charge is 2.33. The summed E-state index contributed by atoms with van der Waals surface area (Å²) in [6.07, 6.45) is 0.561. The third-order valence-electron chi connectivity index (χ3n) is 3.69. The molecule has 1 aromatic carbocycles. The van der Waals surface area contributed by atoms with E-state index in [1.54, 1.807) is 37.3 Å². The number of benzene rings is 1. The molecule has 0 saturated carbocycles. The fourth-order valence-electron chi connectivity index (χ4n) is 2.49. The predicted octanol–water partition coefficient (Wildman–Crippen LogP) is 5.31. The van der Waals surface area contributed by atoms with Gasteiger partial charge in [-0.25, -0.2) is 0 Å². The molecule has 0 spiro atoms. The fraction of sp³-hybridized carbons (Fsp3) is 0.444. The lowest BCUT2D eigenvalue weighted by Crippen LogP contribution is -2.26. The van der Waals surface area contributed by atoms with Crippen LogP contribution in [0.5, 0.6) is 11.5 Å². The van der Waals surface area contributed by atoms with E-state index in [0.29, 0.717) is 25.2 Å². The first-order valence-electron chi connectivity index (χ1n) is 7.75. The van der Waals surface area contributed by atoms with Crippen LogP contribution in [-0.4, -0.2) is 18.9 Å². The van der Waals surface area contributed by atoms with Crippen LogP contribution in [-0.2, 0) is 0 Å². The molecule has 1 aliphatic carbocycles. The second-order valence-electron chi connectivity index (χ2n) is 5.52. The maximum Gasteiger partial charge on any atom is 0.416 e. The van der Waals surface area contributed by atoms with Crippen molar-refractivity contribution in [2.45, 2.75) is 39.0 Å². The summed E-state index contributed by atoms with van der Waals surface area (Å²) in [5, 5.41) is 0. The van der Waals surface area contributed by atoms with Crippen LogP contribution in [0.25, 0.3) is 0 Å². The Bertz CT molecular complexity index is 559. The third-order valence-corrected chi connectivity index (χ3v) is 3.69. The summed E-state index contributed by atoms with van der Waals surface area (Å²) in [6, 6.07) is 7.15. The number of allylic oxidation sites excluding steroid dienone is 3. The molecule has 0 heterocycles. The zero-order valence-electron chi connectivity index (χ0n) is 13.3. The van der Waals surface area contributed by atoms with Gasteiger partial charge in [0, 0.05) is 5.92 Å². The van der Waals surface area contributed by atoms with E-state index in [-0.39, 0.29) is 12.0 Å². The van der Waals surface area contributed by atoms with Gasteiger partial charge in [-0.05, 0) is 44.0 Å². The van der Waals surface area contributed by atoms with Crippen LogP contribution in [0.15, 0.2) is 48.1 Å². The van der Waals surface area contributed by atoms with E-state index >= 15 is 0 Å². The molecule has 2 atom stereocenters. The van der Waals surface area contributed by atoms with Crippen LogP contribution >= 0.6 is 0 Å². The van der Waals surface area contributed by atoms with Crippen LogP contribution in [0, 0.1) is 5.92 Å². The molecule has 1 aliphatic rings. The standard InChI is InChI=1S/C18H21F3O2/c1-3-22-15-8-10-16(11-9-15)23-17-7-5-4-6-14(12-13(17)2)18(19,20)21/h4,6,8-13,17H,3,5,7H2,1-2H3. The van der Waals surface area contributed by atoms with Crippen LogP contribution < -0.4 is 9.47 Å². The molecule has 0 radical (unpaired) electrons. The Morgan fingerprint density at radius 1 is 1.13 bits per heavy atom. The molecular formula is C18H21F3O2. The molecule has 0 bridgehead atoms. The van der Waals surface area contributed by atoms with Crippen molar-refractivity contribution in [3.05, 3.63) is 48.1 Å². The molecule has 0 saturated heterocycles. The highest BCUT2D eigenvalue weighted by molar-refractivity contribution is 5.32. The van der Waals surface area contributed by atoms with Gasteiger partial charge in [0.15, 0.2) is 0 Å². The summed E-state index contributed by atoms with van der Waals surface area (Å²) in [4.78, 5) is 0. The van der Waals surface area contributed by atoms with Gasteiger partial charge in [0.1, 0.15) is 17.6 Å². The first-order chi connectivity index (χ1) is 10.9. The van der Waals surface area contributed by atoms with Gasteiger partial charge in [-0.2, -0.15) is 13.2 Å². The SMILES string of the molecule is CCOc1ccc(OC2CCC=CC(C(F)(F)F)=CC2C)cc1. The van der Waals surface area contributed by atoms with Gasteiger partial charge in [-0.1, -0.05) is 25.2 Å². The van der Waals surface area contributed by atoms with Crippen molar-refractivity contribution in [1.82, 2.24) is 0 Å². The summed E-state index contributed by atoms with van der Waals surface area (Å²) < 4.78 is 50.0. The van der Waals surface area contributed by atoms with Crippen LogP contribution in [0.3, 0.4) is 0 Å². The predicted molar refractivity (Wildman–Crippen MR) is 83.7 cm³/mol. The average molecular weight is 326 g/mol. The van der Waals surface area contributed by atoms with Gasteiger partial charge < -0.3 is 9.47 Å². The number of hydrogen-bond donors (Lipinski definition) is 0. The van der Waals surface area contributed by atoms with E-state index in [0.717, 1.165) is 11.8 Å². The molecule has 23 heavy (non-hydrogen) atoms. The second-order valence-corrected chi connectivity index (χ2v) is 5.52. The molecule has 0 amide bonds.